The molecule has 0 bridgehead atoms. The van der Waals surface area contributed by atoms with Crippen LogP contribution in [0.2, 0.25) is 0 Å². The molecule has 24 heavy (non-hydrogen) atoms. The molecule has 0 saturated heterocycles. The Morgan fingerprint density at radius 2 is 1.33 bits per heavy atom. The highest BCUT2D eigenvalue weighted by Gasteiger charge is 2.13. The monoisotopic (exact) mass is 353 g/mol. The van der Waals surface area contributed by atoms with E-state index in [4.69, 9.17) is 5.11 Å². The van der Waals surface area contributed by atoms with Gasteiger partial charge in [-0.25, -0.2) is 4.79 Å². The minimum atomic E-state index is -1.06. The summed E-state index contributed by atoms with van der Waals surface area (Å²) in [5.74, 6) is 0. The number of carboxylic acid groups (broad SMARTS) is 1. The second-order valence-electron chi connectivity index (χ2n) is 4.89. The number of rotatable bonds is 5. The average Bonchev–Trinajstić information content (AvgIpc) is 2.59. The first-order chi connectivity index (χ1) is 11.7. The number of hydrogen-bond acceptors (Lipinski definition) is 3. The molecule has 3 aromatic carbocycles. The summed E-state index contributed by atoms with van der Waals surface area (Å²) in [6, 6.07) is 25.6. The molecule has 0 aliphatic carbocycles. The third-order valence-electron chi connectivity index (χ3n) is 3.15. The Bertz CT molecular complexity index is 823. The van der Waals surface area contributed by atoms with Crippen LogP contribution in [0.1, 0.15) is 0 Å². The van der Waals surface area contributed by atoms with E-state index in [1.165, 1.54) is 0 Å². The molecule has 0 aromatic heterocycles. The number of benzene rings is 3. The Labute approximate surface area is 149 Å². The van der Waals surface area contributed by atoms with Crippen molar-refractivity contribution in [2.24, 2.45) is 0 Å². The van der Waals surface area contributed by atoms with Crippen molar-refractivity contribution in [3.05, 3.63) is 78.9 Å². The maximum Gasteiger partial charge on any atom is 0.409 e. The lowest BCUT2D eigenvalue weighted by atomic mass is 10.3. The van der Waals surface area contributed by atoms with E-state index in [1.807, 2.05) is 72.8 Å². The van der Waals surface area contributed by atoms with E-state index >= 15 is 0 Å². The highest BCUT2D eigenvalue weighted by Crippen LogP contribution is 2.42. The van der Waals surface area contributed by atoms with E-state index in [0.29, 0.717) is 5.69 Å². The van der Waals surface area contributed by atoms with Crippen molar-refractivity contribution in [3.8, 4) is 0 Å². The first-order valence-corrected chi connectivity index (χ1v) is 8.94. The normalized spacial score (nSPS) is 10.3. The summed E-state index contributed by atoms with van der Waals surface area (Å²) in [4.78, 5) is 15.2. The predicted octanol–water partition coefficient (Wildman–Crippen LogP) is 6.08. The molecule has 3 nitrogen and oxygen atoms in total. The Kier molecular flexibility index (Phi) is 5.46. The smallest absolute Gasteiger partial charge is 0.409 e. The zero-order chi connectivity index (χ0) is 16.8. The first-order valence-electron chi connectivity index (χ1n) is 7.31. The Hall–Kier alpha value is -2.37. The van der Waals surface area contributed by atoms with Crippen LogP contribution in [0.5, 0.6) is 0 Å². The van der Waals surface area contributed by atoms with Crippen molar-refractivity contribution in [1.82, 2.24) is 0 Å². The molecule has 5 heteroatoms. The zero-order valence-electron chi connectivity index (χ0n) is 12.7. The third kappa shape index (κ3) is 4.34. The van der Waals surface area contributed by atoms with Crippen LogP contribution in [0.15, 0.2) is 98.4 Å². The van der Waals surface area contributed by atoms with E-state index < -0.39 is 6.09 Å². The first kappa shape index (κ1) is 16.5. The molecular weight excluding hydrogens is 338 g/mol. The van der Waals surface area contributed by atoms with Gasteiger partial charge in [0.2, 0.25) is 0 Å². The van der Waals surface area contributed by atoms with E-state index in [9.17, 15) is 4.79 Å². The third-order valence-corrected chi connectivity index (χ3v) is 5.50. The summed E-state index contributed by atoms with van der Waals surface area (Å²) in [5, 5.41) is 11.6. The van der Waals surface area contributed by atoms with Gasteiger partial charge in [-0.3, -0.25) is 5.32 Å². The molecule has 3 rings (SSSR count). The van der Waals surface area contributed by atoms with E-state index in [1.54, 1.807) is 29.6 Å². The van der Waals surface area contributed by atoms with Crippen LogP contribution in [0.4, 0.5) is 10.5 Å². The number of nitrogens with one attached hydrogen (secondary N) is 1. The van der Waals surface area contributed by atoms with Crippen LogP contribution >= 0.6 is 23.5 Å². The molecule has 1 amide bonds. The summed E-state index contributed by atoms with van der Waals surface area (Å²) < 4.78 is 0. The van der Waals surface area contributed by atoms with Gasteiger partial charge < -0.3 is 5.11 Å². The molecule has 0 aliphatic heterocycles. The van der Waals surface area contributed by atoms with Crippen molar-refractivity contribution in [2.45, 2.75) is 19.6 Å². The van der Waals surface area contributed by atoms with Crippen LogP contribution in [0.25, 0.3) is 0 Å². The van der Waals surface area contributed by atoms with Gasteiger partial charge >= 0.3 is 6.09 Å². The average molecular weight is 353 g/mol. The van der Waals surface area contributed by atoms with Crippen LogP contribution in [-0.4, -0.2) is 11.2 Å². The maximum atomic E-state index is 11.1. The highest BCUT2D eigenvalue weighted by molar-refractivity contribution is 8.02. The molecule has 0 unspecified atom stereocenters. The van der Waals surface area contributed by atoms with Gasteiger partial charge in [-0.1, -0.05) is 66.0 Å². The van der Waals surface area contributed by atoms with Gasteiger partial charge in [0.15, 0.2) is 0 Å². The summed E-state index contributed by atoms with van der Waals surface area (Å²) in [6.45, 7) is 0. The van der Waals surface area contributed by atoms with Crippen LogP contribution in [0.3, 0.4) is 0 Å². The zero-order valence-corrected chi connectivity index (χ0v) is 14.3. The van der Waals surface area contributed by atoms with E-state index in [2.05, 4.69) is 5.32 Å². The Balaban J connectivity index is 1.98. The minimum Gasteiger partial charge on any atom is -0.465 e. The van der Waals surface area contributed by atoms with E-state index in [-0.39, 0.29) is 0 Å². The highest BCUT2D eigenvalue weighted by atomic mass is 32.2. The fourth-order valence-corrected chi connectivity index (χ4v) is 4.21. The molecule has 2 N–H and O–H groups in total. The topological polar surface area (TPSA) is 49.3 Å². The van der Waals surface area contributed by atoms with Gasteiger partial charge in [-0.15, -0.1) is 0 Å². The molecule has 0 atom stereocenters. The quantitative estimate of drug-likeness (QED) is 0.584. The van der Waals surface area contributed by atoms with Gasteiger partial charge in [-0.05, 0) is 36.4 Å². The number of amides is 1. The SMILES string of the molecule is O=C(O)Nc1cccc(Sc2ccccc2)c1Sc1ccccc1. The molecule has 0 spiro atoms. The molecule has 0 aliphatic rings. The van der Waals surface area contributed by atoms with Crippen molar-refractivity contribution in [3.63, 3.8) is 0 Å². The minimum absolute atomic E-state index is 0.595. The maximum absolute atomic E-state index is 11.1. The van der Waals surface area contributed by atoms with E-state index in [0.717, 1.165) is 19.6 Å². The number of carbonyl (C=O) groups is 1. The fraction of sp³-hybridized carbons (Fsp3) is 0. The van der Waals surface area contributed by atoms with Gasteiger partial charge in [-0.2, -0.15) is 0 Å². The summed E-state index contributed by atoms with van der Waals surface area (Å²) in [5.41, 5.74) is 0.595. The fourth-order valence-electron chi connectivity index (χ4n) is 2.14. The summed E-state index contributed by atoms with van der Waals surface area (Å²) >= 11 is 3.18. The molecule has 0 radical (unpaired) electrons. The second-order valence-corrected chi connectivity index (χ2v) is 7.09. The molecule has 0 heterocycles. The van der Waals surface area contributed by atoms with Crippen LogP contribution in [-0.2, 0) is 0 Å². The second kappa shape index (κ2) is 7.95. The van der Waals surface area contributed by atoms with Crippen LogP contribution < -0.4 is 5.32 Å². The molecular formula is C19H15NO2S2. The summed E-state index contributed by atoms with van der Waals surface area (Å²) in [7, 11) is 0. The largest absolute Gasteiger partial charge is 0.465 e. The van der Waals surface area contributed by atoms with Crippen molar-refractivity contribution in [1.29, 1.82) is 0 Å². The van der Waals surface area contributed by atoms with Crippen molar-refractivity contribution >= 4 is 35.3 Å². The summed E-state index contributed by atoms with van der Waals surface area (Å²) in [6.07, 6.45) is -1.06. The number of anilines is 1. The van der Waals surface area contributed by atoms with Gasteiger partial charge in [0, 0.05) is 19.6 Å². The Morgan fingerprint density at radius 1 is 0.750 bits per heavy atom. The molecule has 0 saturated carbocycles. The van der Waals surface area contributed by atoms with Crippen molar-refractivity contribution < 1.29 is 9.90 Å². The molecule has 0 fully saturated rings. The Morgan fingerprint density at radius 3 is 1.92 bits per heavy atom. The lowest BCUT2D eigenvalue weighted by molar-refractivity contribution is 0.209. The van der Waals surface area contributed by atoms with Gasteiger partial charge in [0.05, 0.1) is 5.69 Å². The lowest BCUT2D eigenvalue weighted by Gasteiger charge is -2.14. The van der Waals surface area contributed by atoms with Crippen molar-refractivity contribution in [2.75, 3.05) is 5.32 Å². The number of hydrogen-bond donors (Lipinski definition) is 2. The lowest BCUT2D eigenvalue weighted by Crippen LogP contribution is -2.08. The predicted molar refractivity (Wildman–Crippen MR) is 99.2 cm³/mol. The molecule has 120 valence electrons. The van der Waals surface area contributed by atoms with Crippen LogP contribution in [0, 0.1) is 0 Å². The standard InChI is InChI=1S/C19H15NO2S2/c21-19(22)20-16-12-7-13-17(23-14-8-3-1-4-9-14)18(16)24-15-10-5-2-6-11-15/h1-13,20H,(H,21,22). The van der Waals surface area contributed by atoms with Gasteiger partial charge in [0.25, 0.3) is 0 Å². The molecule has 3 aromatic rings. The van der Waals surface area contributed by atoms with Gasteiger partial charge in [0.1, 0.15) is 0 Å².